The van der Waals surface area contributed by atoms with Crippen molar-refractivity contribution in [3.63, 3.8) is 0 Å². The van der Waals surface area contributed by atoms with Gasteiger partial charge in [0.25, 0.3) is 0 Å². The van der Waals surface area contributed by atoms with Gasteiger partial charge in [-0.2, -0.15) is 0 Å². The SMILES string of the molecule is CN(C)CC1CNCCN1. The summed E-state index contributed by atoms with van der Waals surface area (Å²) < 4.78 is 0. The van der Waals surface area contributed by atoms with Crippen molar-refractivity contribution in [3.05, 3.63) is 0 Å². The van der Waals surface area contributed by atoms with Gasteiger partial charge in [0.2, 0.25) is 0 Å². The molecule has 1 aliphatic rings. The molecule has 0 aliphatic carbocycles. The van der Waals surface area contributed by atoms with Crippen LogP contribution in [0.1, 0.15) is 0 Å². The van der Waals surface area contributed by atoms with E-state index in [2.05, 4.69) is 29.6 Å². The van der Waals surface area contributed by atoms with Crippen LogP contribution in [0.3, 0.4) is 0 Å². The summed E-state index contributed by atoms with van der Waals surface area (Å²) in [5, 5.41) is 6.80. The minimum Gasteiger partial charge on any atom is -0.314 e. The van der Waals surface area contributed by atoms with Crippen molar-refractivity contribution in [2.75, 3.05) is 40.3 Å². The molecule has 10 heavy (non-hydrogen) atoms. The summed E-state index contributed by atoms with van der Waals surface area (Å²) in [6, 6.07) is 0.642. The highest BCUT2D eigenvalue weighted by molar-refractivity contribution is 4.76. The van der Waals surface area contributed by atoms with Gasteiger partial charge in [0.05, 0.1) is 0 Å². The molecule has 1 rings (SSSR count). The van der Waals surface area contributed by atoms with E-state index < -0.39 is 0 Å². The Kier molecular flexibility index (Phi) is 3.12. The maximum Gasteiger partial charge on any atom is 0.0320 e. The van der Waals surface area contributed by atoms with Gasteiger partial charge < -0.3 is 15.5 Å². The fourth-order valence-electron chi connectivity index (χ4n) is 1.28. The van der Waals surface area contributed by atoms with E-state index >= 15 is 0 Å². The van der Waals surface area contributed by atoms with Gasteiger partial charge in [0, 0.05) is 32.2 Å². The zero-order chi connectivity index (χ0) is 7.40. The van der Waals surface area contributed by atoms with E-state index in [4.69, 9.17) is 0 Å². The van der Waals surface area contributed by atoms with Crippen LogP contribution in [0, 0.1) is 0 Å². The summed E-state index contributed by atoms with van der Waals surface area (Å²) in [4.78, 5) is 2.21. The maximum absolute atomic E-state index is 3.45. The summed E-state index contributed by atoms with van der Waals surface area (Å²) in [6.07, 6.45) is 0. The first kappa shape index (κ1) is 7.98. The summed E-state index contributed by atoms with van der Waals surface area (Å²) in [6.45, 7) is 4.47. The molecule has 0 aromatic heterocycles. The van der Waals surface area contributed by atoms with E-state index in [0.717, 1.165) is 26.2 Å². The average molecular weight is 143 g/mol. The van der Waals surface area contributed by atoms with Crippen LogP contribution in [0.2, 0.25) is 0 Å². The minimum absolute atomic E-state index is 0.642. The smallest absolute Gasteiger partial charge is 0.0320 e. The van der Waals surface area contributed by atoms with Crippen molar-refractivity contribution in [2.24, 2.45) is 0 Å². The van der Waals surface area contributed by atoms with Crippen molar-refractivity contribution in [2.45, 2.75) is 6.04 Å². The molecule has 0 amide bonds. The Morgan fingerprint density at radius 1 is 1.40 bits per heavy atom. The van der Waals surface area contributed by atoms with Crippen molar-refractivity contribution in [1.82, 2.24) is 15.5 Å². The lowest BCUT2D eigenvalue weighted by Crippen LogP contribution is -2.52. The van der Waals surface area contributed by atoms with Crippen molar-refractivity contribution in [1.29, 1.82) is 0 Å². The predicted molar refractivity (Wildman–Crippen MR) is 43.2 cm³/mol. The van der Waals surface area contributed by atoms with Crippen molar-refractivity contribution < 1.29 is 0 Å². The van der Waals surface area contributed by atoms with Gasteiger partial charge in [-0.3, -0.25) is 0 Å². The molecule has 2 N–H and O–H groups in total. The van der Waals surface area contributed by atoms with E-state index in [-0.39, 0.29) is 0 Å². The molecule has 0 radical (unpaired) electrons. The third-order valence-electron chi connectivity index (χ3n) is 1.71. The third kappa shape index (κ3) is 2.64. The summed E-state index contributed by atoms with van der Waals surface area (Å²) in [5.41, 5.74) is 0. The Bertz CT molecular complexity index is 86.9. The summed E-state index contributed by atoms with van der Waals surface area (Å²) in [5.74, 6) is 0. The van der Waals surface area contributed by atoms with Crippen LogP contribution in [-0.2, 0) is 0 Å². The molecule has 0 aromatic rings. The Morgan fingerprint density at radius 2 is 2.20 bits per heavy atom. The van der Waals surface area contributed by atoms with Gasteiger partial charge >= 0.3 is 0 Å². The minimum atomic E-state index is 0.642. The van der Waals surface area contributed by atoms with Crippen LogP contribution in [-0.4, -0.2) is 51.2 Å². The van der Waals surface area contributed by atoms with Crippen LogP contribution in [0.15, 0.2) is 0 Å². The van der Waals surface area contributed by atoms with Crippen LogP contribution < -0.4 is 10.6 Å². The molecule has 0 saturated carbocycles. The van der Waals surface area contributed by atoms with E-state index in [0.29, 0.717) is 6.04 Å². The second kappa shape index (κ2) is 3.91. The monoisotopic (exact) mass is 143 g/mol. The molecule has 1 fully saturated rings. The Morgan fingerprint density at radius 3 is 2.70 bits per heavy atom. The molecule has 60 valence electrons. The van der Waals surface area contributed by atoms with E-state index in [1.54, 1.807) is 0 Å². The number of likely N-dealkylation sites (N-methyl/N-ethyl adjacent to an activating group) is 1. The lowest BCUT2D eigenvalue weighted by molar-refractivity contribution is 0.309. The van der Waals surface area contributed by atoms with Crippen LogP contribution >= 0.6 is 0 Å². The normalized spacial score (nSPS) is 27.3. The van der Waals surface area contributed by atoms with Crippen LogP contribution in [0.25, 0.3) is 0 Å². The molecule has 1 heterocycles. The van der Waals surface area contributed by atoms with Gasteiger partial charge in [0.1, 0.15) is 0 Å². The second-order valence-electron chi connectivity index (χ2n) is 3.12. The highest BCUT2D eigenvalue weighted by Gasteiger charge is 2.11. The highest BCUT2D eigenvalue weighted by atomic mass is 15.1. The number of piperazine rings is 1. The molecule has 3 heteroatoms. The molecule has 0 spiro atoms. The molecule has 0 bridgehead atoms. The maximum atomic E-state index is 3.45. The van der Waals surface area contributed by atoms with Crippen LogP contribution in [0.4, 0.5) is 0 Å². The van der Waals surface area contributed by atoms with Crippen LogP contribution in [0.5, 0.6) is 0 Å². The number of rotatable bonds is 2. The van der Waals surface area contributed by atoms with Crippen molar-refractivity contribution in [3.8, 4) is 0 Å². The third-order valence-corrected chi connectivity index (χ3v) is 1.71. The highest BCUT2D eigenvalue weighted by Crippen LogP contribution is 1.88. The molecule has 1 saturated heterocycles. The van der Waals surface area contributed by atoms with E-state index in [9.17, 15) is 0 Å². The lowest BCUT2D eigenvalue weighted by Gasteiger charge is -2.26. The second-order valence-corrected chi connectivity index (χ2v) is 3.12. The molecule has 0 aromatic carbocycles. The molecule has 1 unspecified atom stereocenters. The largest absolute Gasteiger partial charge is 0.314 e. The Hall–Kier alpha value is -0.120. The lowest BCUT2D eigenvalue weighted by atomic mass is 10.2. The van der Waals surface area contributed by atoms with Gasteiger partial charge in [-0.15, -0.1) is 0 Å². The zero-order valence-electron chi connectivity index (χ0n) is 6.85. The number of nitrogens with zero attached hydrogens (tertiary/aromatic N) is 1. The fourth-order valence-corrected chi connectivity index (χ4v) is 1.28. The zero-order valence-corrected chi connectivity index (χ0v) is 6.85. The molecular formula is C7H17N3. The molecule has 1 atom stereocenters. The quantitative estimate of drug-likeness (QED) is 0.525. The molecular weight excluding hydrogens is 126 g/mol. The average Bonchev–Trinajstić information content (AvgIpc) is 1.88. The summed E-state index contributed by atoms with van der Waals surface area (Å²) >= 11 is 0. The predicted octanol–water partition coefficient (Wildman–Crippen LogP) is -0.891. The Labute approximate surface area is 62.8 Å². The van der Waals surface area contributed by atoms with Crippen molar-refractivity contribution >= 4 is 0 Å². The van der Waals surface area contributed by atoms with Gasteiger partial charge in [-0.05, 0) is 14.1 Å². The topological polar surface area (TPSA) is 27.3 Å². The first-order chi connectivity index (χ1) is 4.79. The number of nitrogens with one attached hydrogen (secondary N) is 2. The van der Waals surface area contributed by atoms with E-state index in [1.807, 2.05) is 0 Å². The van der Waals surface area contributed by atoms with Gasteiger partial charge in [-0.1, -0.05) is 0 Å². The standard InChI is InChI=1S/C7H17N3/c1-10(2)6-7-5-8-3-4-9-7/h7-9H,3-6H2,1-2H3. The number of hydrogen-bond acceptors (Lipinski definition) is 3. The first-order valence-electron chi connectivity index (χ1n) is 3.88. The summed E-state index contributed by atoms with van der Waals surface area (Å²) in [7, 11) is 4.21. The Balaban J connectivity index is 2.13. The fraction of sp³-hybridized carbons (Fsp3) is 1.00. The van der Waals surface area contributed by atoms with Gasteiger partial charge in [0.15, 0.2) is 0 Å². The number of hydrogen-bond donors (Lipinski definition) is 2. The molecule has 1 aliphatic heterocycles. The first-order valence-corrected chi connectivity index (χ1v) is 3.88. The molecule has 3 nitrogen and oxygen atoms in total. The van der Waals surface area contributed by atoms with E-state index in [1.165, 1.54) is 0 Å². The van der Waals surface area contributed by atoms with Gasteiger partial charge in [-0.25, -0.2) is 0 Å².